The zero-order valence-corrected chi connectivity index (χ0v) is 18.3. The molecule has 3 fully saturated rings. The van der Waals surface area contributed by atoms with Crippen molar-refractivity contribution in [3.05, 3.63) is 11.6 Å². The van der Waals surface area contributed by atoms with Crippen LogP contribution in [0, 0.1) is 28.6 Å². The number of carboxylic acids is 1. The van der Waals surface area contributed by atoms with Crippen LogP contribution >= 0.6 is 0 Å². The molecule has 4 aliphatic rings. The van der Waals surface area contributed by atoms with Gasteiger partial charge in [0.1, 0.15) is 6.10 Å². The molecule has 0 aromatic rings. The van der Waals surface area contributed by atoms with E-state index >= 15 is 0 Å². The van der Waals surface area contributed by atoms with Crippen molar-refractivity contribution in [3.8, 4) is 0 Å². The zero-order chi connectivity index (χ0) is 21.4. The first kappa shape index (κ1) is 22.0. The number of carboxylic acid groups (broad SMARTS) is 1. The van der Waals surface area contributed by atoms with Gasteiger partial charge in [0.15, 0.2) is 5.78 Å². The number of rotatable bonds is 2. The van der Waals surface area contributed by atoms with Gasteiger partial charge in [-0.15, -0.1) is 0 Å². The Morgan fingerprint density at radius 1 is 1.10 bits per heavy atom. The lowest BCUT2D eigenvalue weighted by Gasteiger charge is -2.57. The van der Waals surface area contributed by atoms with Crippen LogP contribution in [0.15, 0.2) is 11.6 Å². The fourth-order valence-corrected chi connectivity index (χ4v) is 6.91. The Labute approximate surface area is 174 Å². The third-order valence-corrected chi connectivity index (χ3v) is 8.49. The molecule has 5 nitrogen and oxygen atoms in total. The molecule has 0 heterocycles. The summed E-state index contributed by atoms with van der Waals surface area (Å²) in [5.74, 6) is 1.58. The molecule has 0 saturated heterocycles. The average molecular weight is 405 g/mol. The summed E-state index contributed by atoms with van der Waals surface area (Å²) in [6.45, 7) is 7.93. The number of ether oxygens (including phenoxy) is 1. The zero-order valence-electron chi connectivity index (χ0n) is 18.3. The number of carbonyl (C=O) groups excluding carboxylic acids is 2. The number of fused-ring (bicyclic) bond motifs is 5. The van der Waals surface area contributed by atoms with Crippen molar-refractivity contribution in [1.29, 1.82) is 0 Å². The molecule has 0 bridgehead atoms. The average Bonchev–Trinajstić information content (AvgIpc) is 2.98. The van der Waals surface area contributed by atoms with Gasteiger partial charge in [0.05, 0.1) is 0 Å². The second-order valence-electron chi connectivity index (χ2n) is 9.94. The van der Waals surface area contributed by atoms with Crippen molar-refractivity contribution in [1.82, 2.24) is 0 Å². The third-order valence-electron chi connectivity index (χ3n) is 8.49. The van der Waals surface area contributed by atoms with E-state index in [4.69, 9.17) is 9.84 Å². The number of allylic oxidation sites excluding steroid dienone is 1. The second kappa shape index (κ2) is 8.23. The summed E-state index contributed by atoms with van der Waals surface area (Å²) >= 11 is 0. The predicted octanol–water partition coefficient (Wildman–Crippen LogP) is 4.93. The number of hydrogen-bond donors (Lipinski definition) is 1. The summed E-state index contributed by atoms with van der Waals surface area (Å²) in [6.07, 6.45) is 11.0. The largest absolute Gasteiger partial charge is 0.481 e. The molecule has 29 heavy (non-hydrogen) atoms. The van der Waals surface area contributed by atoms with Crippen molar-refractivity contribution in [2.24, 2.45) is 28.6 Å². The number of aliphatic carboxylic acids is 1. The van der Waals surface area contributed by atoms with Gasteiger partial charge in [0, 0.05) is 25.2 Å². The molecule has 5 heteroatoms. The molecule has 1 N–H and O–H groups in total. The quantitative estimate of drug-likeness (QED) is 0.660. The van der Waals surface area contributed by atoms with Crippen LogP contribution in [-0.2, 0) is 19.1 Å². The van der Waals surface area contributed by atoms with E-state index < -0.39 is 5.97 Å². The van der Waals surface area contributed by atoms with Gasteiger partial charge < -0.3 is 9.84 Å². The Kier molecular flexibility index (Phi) is 6.26. The first-order valence-corrected chi connectivity index (χ1v) is 11.2. The van der Waals surface area contributed by atoms with Crippen LogP contribution < -0.4 is 0 Å². The first-order valence-electron chi connectivity index (χ1n) is 11.2. The molecule has 4 rings (SSSR count). The van der Waals surface area contributed by atoms with E-state index in [0.29, 0.717) is 17.6 Å². The highest BCUT2D eigenvalue weighted by molar-refractivity contribution is 5.91. The highest BCUT2D eigenvalue weighted by atomic mass is 16.5. The van der Waals surface area contributed by atoms with Crippen molar-refractivity contribution in [3.63, 3.8) is 0 Å². The molecule has 0 aliphatic heterocycles. The molecule has 0 amide bonds. The van der Waals surface area contributed by atoms with E-state index in [1.54, 1.807) is 13.8 Å². The summed E-state index contributed by atoms with van der Waals surface area (Å²) in [4.78, 5) is 32.7. The van der Waals surface area contributed by atoms with E-state index in [1.807, 2.05) is 6.08 Å². The summed E-state index contributed by atoms with van der Waals surface area (Å²) < 4.78 is 5.71. The molecule has 3 saturated carbocycles. The minimum Gasteiger partial charge on any atom is -0.481 e. The minimum atomic E-state index is -0.745. The Morgan fingerprint density at radius 3 is 2.41 bits per heavy atom. The van der Waals surface area contributed by atoms with Crippen LogP contribution in [0.2, 0.25) is 0 Å². The van der Waals surface area contributed by atoms with Gasteiger partial charge in [-0.1, -0.05) is 26.3 Å². The van der Waals surface area contributed by atoms with Gasteiger partial charge in [-0.3, -0.25) is 14.4 Å². The third kappa shape index (κ3) is 4.02. The van der Waals surface area contributed by atoms with Crippen LogP contribution in [0.5, 0.6) is 0 Å². The Hall–Kier alpha value is -1.65. The van der Waals surface area contributed by atoms with E-state index in [9.17, 15) is 14.4 Å². The molecule has 162 valence electrons. The van der Waals surface area contributed by atoms with Crippen LogP contribution in [0.25, 0.3) is 0 Å². The molecular formula is C24H36O5. The number of ketones is 1. The van der Waals surface area contributed by atoms with Crippen molar-refractivity contribution < 1.29 is 24.2 Å². The molecule has 0 radical (unpaired) electrons. The van der Waals surface area contributed by atoms with Crippen LogP contribution in [-0.4, -0.2) is 28.9 Å². The Morgan fingerprint density at radius 2 is 1.79 bits per heavy atom. The van der Waals surface area contributed by atoms with Gasteiger partial charge in [-0.05, 0) is 74.2 Å². The lowest BCUT2D eigenvalue weighted by molar-refractivity contribution is -0.157. The van der Waals surface area contributed by atoms with Gasteiger partial charge in [0.25, 0.3) is 0 Å². The highest BCUT2D eigenvalue weighted by Crippen LogP contribution is 2.65. The fourth-order valence-electron chi connectivity index (χ4n) is 6.91. The van der Waals surface area contributed by atoms with Gasteiger partial charge in [-0.25, -0.2) is 0 Å². The van der Waals surface area contributed by atoms with Crippen LogP contribution in [0.3, 0.4) is 0 Å². The monoisotopic (exact) mass is 404 g/mol. The lowest BCUT2D eigenvalue weighted by Crippen LogP contribution is -2.51. The Balaban J connectivity index is 0.000000431. The van der Waals surface area contributed by atoms with Crippen LogP contribution in [0.1, 0.15) is 85.5 Å². The van der Waals surface area contributed by atoms with Gasteiger partial charge in [0.2, 0.25) is 0 Å². The summed E-state index contributed by atoms with van der Waals surface area (Å²) in [5.41, 5.74) is 1.82. The fraction of sp³-hybridized carbons (Fsp3) is 0.792. The number of esters is 1. The maximum absolute atomic E-state index is 11.9. The molecule has 6 atom stereocenters. The van der Waals surface area contributed by atoms with Crippen LogP contribution in [0.4, 0.5) is 0 Å². The summed E-state index contributed by atoms with van der Waals surface area (Å²) in [7, 11) is 0. The molecular weight excluding hydrogens is 368 g/mol. The molecule has 4 aliphatic carbocycles. The van der Waals surface area contributed by atoms with Gasteiger partial charge >= 0.3 is 11.9 Å². The second-order valence-corrected chi connectivity index (χ2v) is 9.94. The highest BCUT2D eigenvalue weighted by Gasteiger charge is 2.59. The normalized spacial score (nSPS) is 40.4. The number of hydrogen-bond acceptors (Lipinski definition) is 4. The molecule has 0 aromatic carbocycles. The smallest absolute Gasteiger partial charge is 0.303 e. The SMILES string of the molecule is CC(=O)O[C@H]1CC[C@H]2[C@@H]3CCC4=CC(=O)CC[C@]4(C)[C@H]3CC[C@]12C.CCC(=O)O. The van der Waals surface area contributed by atoms with E-state index in [0.717, 1.165) is 38.0 Å². The summed E-state index contributed by atoms with van der Waals surface area (Å²) in [5, 5.41) is 7.72. The van der Waals surface area contributed by atoms with E-state index in [-0.39, 0.29) is 29.3 Å². The van der Waals surface area contributed by atoms with E-state index in [2.05, 4.69) is 13.8 Å². The minimum absolute atomic E-state index is 0.110. The van der Waals surface area contributed by atoms with E-state index in [1.165, 1.54) is 24.8 Å². The predicted molar refractivity (Wildman–Crippen MR) is 110 cm³/mol. The standard InChI is InChI=1S/C21H30O3.C3H6O2/c1-13(22)24-19-7-6-17-16-5-4-14-12-15(23)8-10-20(14,2)18(16)9-11-21(17,19)3;1-2-3(4)5/h12,16-19H,4-11H2,1-3H3;2H2,1H3,(H,4,5)/t16-,17-,18-,19-,20-,21-;/m0./s1. The van der Waals surface area contributed by atoms with Gasteiger partial charge in [-0.2, -0.15) is 0 Å². The van der Waals surface area contributed by atoms with Crippen molar-refractivity contribution >= 4 is 17.7 Å². The van der Waals surface area contributed by atoms with Crippen molar-refractivity contribution in [2.75, 3.05) is 0 Å². The van der Waals surface area contributed by atoms with Crippen molar-refractivity contribution in [2.45, 2.75) is 91.6 Å². The Bertz CT molecular complexity index is 710. The topological polar surface area (TPSA) is 80.7 Å². The maximum atomic E-state index is 11.9. The maximum Gasteiger partial charge on any atom is 0.303 e. The molecule has 0 spiro atoms. The lowest BCUT2D eigenvalue weighted by atomic mass is 9.47. The first-order chi connectivity index (χ1) is 13.6. The number of carbonyl (C=O) groups is 3. The summed E-state index contributed by atoms with van der Waals surface area (Å²) in [6, 6.07) is 0. The molecule has 0 unspecified atom stereocenters. The molecule has 0 aromatic heterocycles.